The zero-order valence-electron chi connectivity index (χ0n) is 17.5. The van der Waals surface area contributed by atoms with Crippen LogP contribution >= 0.6 is 15.9 Å². The van der Waals surface area contributed by atoms with E-state index in [-0.39, 0.29) is 29.6 Å². The first-order chi connectivity index (χ1) is 14.8. The number of aromatic amines is 1. The van der Waals surface area contributed by atoms with Crippen molar-refractivity contribution in [3.8, 4) is 0 Å². The van der Waals surface area contributed by atoms with Crippen LogP contribution in [0.4, 0.5) is 0 Å². The fourth-order valence-electron chi connectivity index (χ4n) is 3.89. The maximum Gasteiger partial charge on any atom is 0.252 e. The van der Waals surface area contributed by atoms with Crippen LogP contribution < -0.4 is 5.56 Å². The van der Waals surface area contributed by atoms with Gasteiger partial charge in [0, 0.05) is 35.2 Å². The first-order valence-electron chi connectivity index (χ1n) is 10.2. The van der Waals surface area contributed by atoms with Crippen LogP contribution in [0.5, 0.6) is 0 Å². The summed E-state index contributed by atoms with van der Waals surface area (Å²) >= 11 is 3.36. The van der Waals surface area contributed by atoms with Crippen LogP contribution in [0.3, 0.4) is 0 Å². The minimum Gasteiger partial charge on any atom is -0.377 e. The van der Waals surface area contributed by atoms with Crippen LogP contribution in [0.25, 0.3) is 10.9 Å². The molecule has 1 saturated heterocycles. The SMILES string of the molecule is Cc1cc2cc(CN(C[C@H]3CCCO3)S(=O)(=O)c3ccccc3Br)c(=O)[nH]c2cc1C. The lowest BCUT2D eigenvalue weighted by Gasteiger charge is -2.25. The molecule has 1 fully saturated rings. The van der Waals surface area contributed by atoms with Gasteiger partial charge in [-0.3, -0.25) is 4.79 Å². The van der Waals surface area contributed by atoms with Crippen LogP contribution in [0.1, 0.15) is 29.5 Å². The molecule has 0 saturated carbocycles. The van der Waals surface area contributed by atoms with E-state index in [4.69, 9.17) is 4.74 Å². The molecule has 0 radical (unpaired) electrons. The highest BCUT2D eigenvalue weighted by molar-refractivity contribution is 9.10. The number of halogens is 1. The van der Waals surface area contributed by atoms with Gasteiger partial charge in [0.2, 0.25) is 10.0 Å². The third-order valence-electron chi connectivity index (χ3n) is 5.77. The van der Waals surface area contributed by atoms with Gasteiger partial charge in [-0.1, -0.05) is 12.1 Å². The molecule has 1 aliphatic rings. The van der Waals surface area contributed by atoms with Gasteiger partial charge < -0.3 is 9.72 Å². The number of rotatable bonds is 6. The van der Waals surface area contributed by atoms with Crippen molar-refractivity contribution in [2.45, 2.75) is 44.2 Å². The average molecular weight is 505 g/mol. The fraction of sp³-hybridized carbons (Fsp3) is 0.348. The summed E-state index contributed by atoms with van der Waals surface area (Å²) in [5.74, 6) is 0. The van der Waals surface area contributed by atoms with Gasteiger partial charge in [0.25, 0.3) is 5.56 Å². The Morgan fingerprint density at radius 3 is 2.61 bits per heavy atom. The smallest absolute Gasteiger partial charge is 0.252 e. The number of benzene rings is 2. The van der Waals surface area contributed by atoms with Gasteiger partial charge in [0.05, 0.1) is 11.0 Å². The van der Waals surface area contributed by atoms with E-state index in [1.54, 1.807) is 30.3 Å². The van der Waals surface area contributed by atoms with Crippen LogP contribution in [0, 0.1) is 13.8 Å². The lowest BCUT2D eigenvalue weighted by molar-refractivity contribution is 0.0925. The number of nitrogens with zero attached hydrogens (tertiary/aromatic N) is 1. The molecule has 1 N–H and O–H groups in total. The summed E-state index contributed by atoms with van der Waals surface area (Å²) < 4.78 is 34.7. The zero-order chi connectivity index (χ0) is 22.2. The molecule has 0 bridgehead atoms. The summed E-state index contributed by atoms with van der Waals surface area (Å²) in [6.45, 7) is 4.81. The highest BCUT2D eigenvalue weighted by Gasteiger charge is 2.31. The second kappa shape index (κ2) is 8.86. The Hall–Kier alpha value is -2.00. The Balaban J connectivity index is 1.76. The summed E-state index contributed by atoms with van der Waals surface area (Å²) in [7, 11) is -3.85. The molecule has 1 aromatic heterocycles. The van der Waals surface area contributed by atoms with Gasteiger partial charge in [-0.15, -0.1) is 0 Å². The first-order valence-corrected chi connectivity index (χ1v) is 12.5. The van der Waals surface area contributed by atoms with E-state index in [1.807, 2.05) is 26.0 Å². The number of hydrogen-bond acceptors (Lipinski definition) is 4. The Labute approximate surface area is 190 Å². The van der Waals surface area contributed by atoms with Gasteiger partial charge in [-0.05, 0) is 89.5 Å². The number of hydrogen-bond donors (Lipinski definition) is 1. The predicted octanol–water partition coefficient (Wildman–Crippen LogP) is 4.28. The number of fused-ring (bicyclic) bond motifs is 1. The van der Waals surface area contributed by atoms with Gasteiger partial charge in [0.1, 0.15) is 0 Å². The minimum atomic E-state index is -3.85. The normalized spacial score (nSPS) is 17.0. The Morgan fingerprint density at radius 1 is 1.16 bits per heavy atom. The largest absolute Gasteiger partial charge is 0.377 e. The fourth-order valence-corrected chi connectivity index (χ4v) is 6.30. The van der Waals surface area contributed by atoms with Gasteiger partial charge in [0.15, 0.2) is 0 Å². The molecule has 2 aromatic carbocycles. The number of H-pyrrole nitrogens is 1. The summed E-state index contributed by atoms with van der Waals surface area (Å²) in [5.41, 5.74) is 3.07. The molecular formula is C23H25BrN2O4S. The van der Waals surface area contributed by atoms with Crippen molar-refractivity contribution in [1.29, 1.82) is 0 Å². The van der Waals surface area contributed by atoms with E-state index in [2.05, 4.69) is 20.9 Å². The van der Waals surface area contributed by atoms with Crippen molar-refractivity contribution >= 4 is 36.9 Å². The van der Waals surface area contributed by atoms with E-state index in [9.17, 15) is 13.2 Å². The molecule has 2 heterocycles. The topological polar surface area (TPSA) is 79.5 Å². The minimum absolute atomic E-state index is 0.0261. The zero-order valence-corrected chi connectivity index (χ0v) is 19.9. The van der Waals surface area contributed by atoms with Crippen molar-refractivity contribution in [2.24, 2.45) is 0 Å². The quantitative estimate of drug-likeness (QED) is 0.543. The first kappa shape index (κ1) is 22.2. The number of sulfonamides is 1. The summed E-state index contributed by atoms with van der Waals surface area (Å²) in [6.07, 6.45) is 1.53. The Bertz CT molecular complexity index is 1280. The summed E-state index contributed by atoms with van der Waals surface area (Å²) in [4.78, 5) is 15.9. The van der Waals surface area contributed by atoms with Crippen LogP contribution in [0.15, 0.2) is 56.6 Å². The van der Waals surface area contributed by atoms with E-state index in [1.165, 1.54) is 4.31 Å². The molecular weight excluding hydrogens is 480 g/mol. The molecule has 0 aliphatic carbocycles. The maximum absolute atomic E-state index is 13.5. The lowest BCUT2D eigenvalue weighted by Crippen LogP contribution is -2.38. The lowest BCUT2D eigenvalue weighted by atomic mass is 10.0. The second-order valence-electron chi connectivity index (χ2n) is 8.01. The molecule has 3 aromatic rings. The van der Waals surface area contributed by atoms with Crippen molar-refractivity contribution in [2.75, 3.05) is 13.2 Å². The maximum atomic E-state index is 13.5. The van der Waals surface area contributed by atoms with Gasteiger partial charge in [-0.2, -0.15) is 4.31 Å². The van der Waals surface area contributed by atoms with Crippen molar-refractivity contribution in [3.63, 3.8) is 0 Å². The Morgan fingerprint density at radius 2 is 1.90 bits per heavy atom. The highest BCUT2D eigenvalue weighted by Crippen LogP contribution is 2.27. The Kier molecular flexibility index (Phi) is 6.35. The van der Waals surface area contributed by atoms with Crippen LogP contribution in [-0.2, 0) is 21.3 Å². The number of aromatic nitrogens is 1. The molecule has 0 spiro atoms. The average Bonchev–Trinajstić information content (AvgIpc) is 3.23. The standard InChI is InChI=1S/C23H25BrN2O4S/c1-15-10-17-12-18(23(27)25-21(17)11-16(15)2)13-26(14-19-6-5-9-30-19)31(28,29)22-8-4-3-7-20(22)24/h3-4,7-8,10-12,19H,5-6,9,13-14H2,1-2H3,(H,25,27)/t19-/m1/s1. The van der Waals surface area contributed by atoms with E-state index in [0.717, 1.165) is 34.9 Å². The van der Waals surface area contributed by atoms with Crippen molar-refractivity contribution in [3.05, 3.63) is 74.0 Å². The molecule has 8 heteroatoms. The molecule has 6 nitrogen and oxygen atoms in total. The molecule has 31 heavy (non-hydrogen) atoms. The van der Waals surface area contributed by atoms with E-state index < -0.39 is 10.0 Å². The number of pyridine rings is 1. The molecule has 1 aliphatic heterocycles. The number of aryl methyl sites for hydroxylation is 2. The van der Waals surface area contributed by atoms with E-state index >= 15 is 0 Å². The van der Waals surface area contributed by atoms with E-state index in [0.29, 0.717) is 16.6 Å². The predicted molar refractivity (Wildman–Crippen MR) is 125 cm³/mol. The molecule has 0 amide bonds. The summed E-state index contributed by atoms with van der Waals surface area (Å²) in [5, 5.41) is 0.882. The van der Waals surface area contributed by atoms with Crippen LogP contribution in [0.2, 0.25) is 0 Å². The number of ether oxygens (including phenoxy) is 1. The molecule has 1 atom stereocenters. The highest BCUT2D eigenvalue weighted by atomic mass is 79.9. The van der Waals surface area contributed by atoms with Gasteiger partial charge in [-0.25, -0.2) is 8.42 Å². The summed E-state index contributed by atoms with van der Waals surface area (Å²) in [6, 6.07) is 12.5. The van der Waals surface area contributed by atoms with Crippen molar-refractivity contribution < 1.29 is 13.2 Å². The molecule has 164 valence electrons. The second-order valence-corrected chi connectivity index (χ2v) is 10.8. The third-order valence-corrected chi connectivity index (χ3v) is 8.59. The monoisotopic (exact) mass is 504 g/mol. The van der Waals surface area contributed by atoms with Crippen LogP contribution in [-0.4, -0.2) is 37.0 Å². The number of nitrogens with one attached hydrogen (secondary N) is 1. The molecule has 4 rings (SSSR count). The molecule has 0 unspecified atom stereocenters. The third kappa shape index (κ3) is 4.62. The van der Waals surface area contributed by atoms with Gasteiger partial charge >= 0.3 is 0 Å². The van der Waals surface area contributed by atoms with Crippen molar-refractivity contribution in [1.82, 2.24) is 9.29 Å².